The minimum Gasteiger partial charge on any atom is -0.501 e. The second-order valence-electron chi connectivity index (χ2n) is 8.59. The molecule has 1 saturated heterocycles. The maximum Gasteiger partial charge on any atom is 0.293 e. The summed E-state index contributed by atoms with van der Waals surface area (Å²) in [4.78, 5) is 32.1. The zero-order valence-corrected chi connectivity index (χ0v) is 18.8. The molecule has 1 aliphatic rings. The van der Waals surface area contributed by atoms with Gasteiger partial charge in [0.15, 0.2) is 5.69 Å². The van der Waals surface area contributed by atoms with E-state index in [9.17, 15) is 19.1 Å². The van der Waals surface area contributed by atoms with E-state index in [4.69, 9.17) is 4.74 Å². The summed E-state index contributed by atoms with van der Waals surface area (Å²) in [5.41, 5.74) is -0.195. The van der Waals surface area contributed by atoms with E-state index in [-0.39, 0.29) is 30.0 Å². The quantitative estimate of drug-likeness (QED) is 0.426. The number of aromatic hydroxyl groups is 1. The molecule has 178 valence electrons. The van der Waals surface area contributed by atoms with Gasteiger partial charge >= 0.3 is 0 Å². The van der Waals surface area contributed by atoms with Crippen molar-refractivity contribution >= 4 is 5.91 Å². The number of hydrogen-bond donors (Lipinski definition) is 4. The van der Waals surface area contributed by atoms with E-state index in [1.54, 1.807) is 0 Å². The monoisotopic (exact) mass is 466 g/mol. The smallest absolute Gasteiger partial charge is 0.293 e. The largest absolute Gasteiger partial charge is 0.501 e. The lowest BCUT2D eigenvalue weighted by Crippen LogP contribution is -2.50. The first-order valence-corrected chi connectivity index (χ1v) is 11.1. The zero-order chi connectivity index (χ0) is 24.1. The van der Waals surface area contributed by atoms with Gasteiger partial charge in [-0.15, -0.1) is 0 Å². The summed E-state index contributed by atoms with van der Waals surface area (Å²) in [7, 11) is 0. The highest BCUT2D eigenvalue weighted by Crippen LogP contribution is 2.30. The summed E-state index contributed by atoms with van der Waals surface area (Å²) in [6.07, 6.45) is 1.22. The van der Waals surface area contributed by atoms with Gasteiger partial charge in [0.05, 0.1) is 18.2 Å². The van der Waals surface area contributed by atoms with Gasteiger partial charge in [-0.05, 0) is 49.6 Å². The predicted octanol–water partition coefficient (Wildman–Crippen LogP) is 2.73. The van der Waals surface area contributed by atoms with Crippen LogP contribution < -0.4 is 16.2 Å². The van der Waals surface area contributed by atoms with Crippen LogP contribution in [-0.4, -0.2) is 33.6 Å². The number of H-pyrrole nitrogens is 1. The van der Waals surface area contributed by atoms with Crippen molar-refractivity contribution in [3.05, 3.63) is 93.4 Å². The Balaban J connectivity index is 1.48. The first-order valence-electron chi connectivity index (χ1n) is 11.1. The number of piperidine rings is 1. The number of benzene rings is 2. The molecule has 34 heavy (non-hydrogen) atoms. The van der Waals surface area contributed by atoms with Crippen LogP contribution in [0.4, 0.5) is 4.39 Å². The van der Waals surface area contributed by atoms with Gasteiger partial charge in [0, 0.05) is 6.54 Å². The molecule has 9 heteroatoms. The number of aromatic nitrogens is 2. The van der Waals surface area contributed by atoms with Crippen LogP contribution in [0, 0.1) is 5.82 Å². The molecule has 0 unspecified atom stereocenters. The van der Waals surface area contributed by atoms with Gasteiger partial charge < -0.3 is 25.5 Å². The fourth-order valence-electron chi connectivity index (χ4n) is 4.00. The molecule has 3 aromatic rings. The fourth-order valence-corrected chi connectivity index (χ4v) is 4.00. The normalized spacial score (nSPS) is 20.1. The van der Waals surface area contributed by atoms with Crippen LogP contribution in [0.3, 0.4) is 0 Å². The Hall–Kier alpha value is -3.56. The average Bonchev–Trinajstić information content (AvgIpc) is 2.84. The van der Waals surface area contributed by atoms with Gasteiger partial charge in [-0.1, -0.05) is 42.5 Å². The Labute approximate surface area is 196 Å². The molecule has 1 fully saturated rings. The van der Waals surface area contributed by atoms with Gasteiger partial charge in [-0.3, -0.25) is 9.59 Å². The first-order chi connectivity index (χ1) is 16.3. The minimum absolute atomic E-state index is 0.0821. The Morgan fingerprint density at radius 3 is 2.68 bits per heavy atom. The molecule has 0 spiro atoms. The van der Waals surface area contributed by atoms with Crippen molar-refractivity contribution in [1.29, 1.82) is 0 Å². The molecule has 1 amide bonds. The molecule has 1 aromatic heterocycles. The second kappa shape index (κ2) is 10.1. The average molecular weight is 467 g/mol. The highest BCUT2D eigenvalue weighted by atomic mass is 19.1. The maximum absolute atomic E-state index is 13.1. The van der Waals surface area contributed by atoms with Crippen molar-refractivity contribution in [2.45, 2.75) is 44.6 Å². The third kappa shape index (κ3) is 5.49. The van der Waals surface area contributed by atoms with E-state index in [0.717, 1.165) is 12.0 Å². The number of hydrogen-bond acceptors (Lipinski definition) is 6. The second-order valence-corrected chi connectivity index (χ2v) is 8.59. The SMILES string of the molecule is C[C@@]1(c2nc(C(=O)NCc3ccc(F)cc3)c(O)c(=O)[nH]2)C[C@H](OCc2ccccc2)CCN1. The molecule has 2 aromatic carbocycles. The molecular weight excluding hydrogens is 439 g/mol. The Morgan fingerprint density at radius 1 is 1.21 bits per heavy atom. The maximum atomic E-state index is 13.1. The lowest BCUT2D eigenvalue weighted by atomic mass is 9.88. The topological polar surface area (TPSA) is 116 Å². The van der Waals surface area contributed by atoms with E-state index in [2.05, 4.69) is 20.6 Å². The van der Waals surface area contributed by atoms with E-state index in [1.807, 2.05) is 37.3 Å². The van der Waals surface area contributed by atoms with E-state index in [0.29, 0.717) is 25.1 Å². The lowest BCUT2D eigenvalue weighted by molar-refractivity contribution is -0.00752. The van der Waals surface area contributed by atoms with Crippen molar-refractivity contribution in [2.24, 2.45) is 0 Å². The van der Waals surface area contributed by atoms with Crippen molar-refractivity contribution < 1.29 is 19.0 Å². The number of amides is 1. The third-order valence-electron chi connectivity index (χ3n) is 5.94. The predicted molar refractivity (Wildman–Crippen MR) is 124 cm³/mol. The van der Waals surface area contributed by atoms with Crippen LogP contribution in [-0.2, 0) is 23.4 Å². The molecule has 2 heterocycles. The van der Waals surface area contributed by atoms with Gasteiger partial charge in [0.2, 0.25) is 5.75 Å². The Morgan fingerprint density at radius 2 is 1.94 bits per heavy atom. The summed E-state index contributed by atoms with van der Waals surface area (Å²) in [5, 5.41) is 16.2. The van der Waals surface area contributed by atoms with Crippen LogP contribution in [0.5, 0.6) is 5.75 Å². The molecular formula is C25H27FN4O4. The number of halogens is 1. The zero-order valence-electron chi connectivity index (χ0n) is 18.8. The number of rotatable bonds is 7. The van der Waals surface area contributed by atoms with Gasteiger partial charge in [0.25, 0.3) is 11.5 Å². The van der Waals surface area contributed by atoms with Gasteiger partial charge in [-0.25, -0.2) is 9.37 Å². The molecule has 1 aliphatic heterocycles. The minimum atomic E-state index is -0.799. The molecule has 0 bridgehead atoms. The lowest BCUT2D eigenvalue weighted by Gasteiger charge is -2.38. The van der Waals surface area contributed by atoms with E-state index in [1.165, 1.54) is 24.3 Å². The van der Waals surface area contributed by atoms with Gasteiger partial charge in [-0.2, -0.15) is 0 Å². The highest BCUT2D eigenvalue weighted by Gasteiger charge is 2.37. The molecule has 8 nitrogen and oxygen atoms in total. The third-order valence-corrected chi connectivity index (χ3v) is 5.94. The van der Waals surface area contributed by atoms with Crippen molar-refractivity contribution in [2.75, 3.05) is 6.54 Å². The van der Waals surface area contributed by atoms with Crippen LogP contribution in [0.2, 0.25) is 0 Å². The Kier molecular flexibility index (Phi) is 7.04. The summed E-state index contributed by atoms with van der Waals surface area (Å²) in [6, 6.07) is 15.5. The van der Waals surface area contributed by atoms with Crippen LogP contribution >= 0.6 is 0 Å². The molecule has 4 N–H and O–H groups in total. The summed E-state index contributed by atoms with van der Waals surface area (Å²) in [6.45, 7) is 3.07. The highest BCUT2D eigenvalue weighted by molar-refractivity contribution is 5.94. The van der Waals surface area contributed by atoms with Crippen LogP contribution in [0.15, 0.2) is 59.4 Å². The Bertz CT molecular complexity index is 1200. The summed E-state index contributed by atoms with van der Waals surface area (Å²) >= 11 is 0. The van der Waals surface area contributed by atoms with Crippen LogP contribution in [0.1, 0.15) is 47.2 Å². The van der Waals surface area contributed by atoms with E-state index >= 15 is 0 Å². The van der Waals surface area contributed by atoms with Crippen molar-refractivity contribution in [3.8, 4) is 5.75 Å². The number of aromatic amines is 1. The van der Waals surface area contributed by atoms with Crippen molar-refractivity contribution in [3.63, 3.8) is 0 Å². The van der Waals surface area contributed by atoms with E-state index < -0.39 is 22.8 Å². The standard InChI is InChI=1S/C25H27FN4O4/c1-25(13-19(11-12-28-25)34-15-17-5-3-2-4-6-17)24-29-20(21(31)23(33)30-24)22(32)27-14-16-7-9-18(26)10-8-16/h2-10,19,28,31H,11-15H2,1H3,(H,27,32)(H,29,30,33)/t19-,25+/m1/s1. The van der Waals surface area contributed by atoms with Crippen LogP contribution in [0.25, 0.3) is 0 Å². The first kappa shape index (κ1) is 23.6. The number of carbonyl (C=O) groups excluding carboxylic acids is 1. The van der Waals surface area contributed by atoms with Crippen molar-refractivity contribution in [1.82, 2.24) is 20.6 Å². The molecule has 0 radical (unpaired) electrons. The molecule has 4 rings (SSSR count). The molecule has 2 atom stereocenters. The number of nitrogens with one attached hydrogen (secondary N) is 3. The number of ether oxygens (including phenoxy) is 1. The molecule has 0 aliphatic carbocycles. The number of carbonyl (C=O) groups is 1. The number of nitrogens with zero attached hydrogens (tertiary/aromatic N) is 1. The molecule has 0 saturated carbocycles. The summed E-state index contributed by atoms with van der Waals surface area (Å²) < 4.78 is 19.2. The fraction of sp³-hybridized carbons (Fsp3) is 0.320. The van der Waals surface area contributed by atoms with Gasteiger partial charge in [0.1, 0.15) is 11.6 Å². The summed E-state index contributed by atoms with van der Waals surface area (Å²) in [5.74, 6) is -1.59.